The Morgan fingerprint density at radius 3 is 2.56 bits per heavy atom. The van der Waals surface area contributed by atoms with Crippen LogP contribution in [0.3, 0.4) is 0 Å². The minimum Gasteiger partial charge on any atom is -0.494 e. The first-order chi connectivity index (χ1) is 12.1. The molecule has 25 heavy (non-hydrogen) atoms. The number of nitrogens with zero attached hydrogens (tertiary/aromatic N) is 1. The summed E-state index contributed by atoms with van der Waals surface area (Å²) in [6.45, 7) is 6.24. The van der Waals surface area contributed by atoms with Crippen LogP contribution in [0.4, 0.5) is 0 Å². The summed E-state index contributed by atoms with van der Waals surface area (Å²) in [7, 11) is 0. The molecule has 134 valence electrons. The fraction of sp³-hybridized carbons (Fsp3) is 0.368. The van der Waals surface area contributed by atoms with Crippen molar-refractivity contribution >= 4 is 34.8 Å². The van der Waals surface area contributed by atoms with Crippen LogP contribution >= 0.6 is 34.8 Å². The lowest BCUT2D eigenvalue weighted by molar-refractivity contribution is 0.194. The van der Waals surface area contributed by atoms with E-state index in [1.807, 2.05) is 43.3 Å². The molecule has 1 unspecified atom stereocenters. The second-order valence-corrected chi connectivity index (χ2v) is 7.17. The molecule has 0 aromatic heterocycles. The topological polar surface area (TPSA) is 24.5 Å². The molecule has 1 atom stereocenters. The van der Waals surface area contributed by atoms with Crippen molar-refractivity contribution in [3.8, 4) is 5.75 Å². The fourth-order valence-corrected chi connectivity index (χ4v) is 3.84. The van der Waals surface area contributed by atoms with E-state index in [-0.39, 0.29) is 6.04 Å². The van der Waals surface area contributed by atoms with Gasteiger partial charge in [-0.3, -0.25) is 4.90 Å². The van der Waals surface area contributed by atoms with Crippen molar-refractivity contribution in [2.24, 2.45) is 0 Å². The minimum atomic E-state index is -0.0615. The summed E-state index contributed by atoms with van der Waals surface area (Å²) >= 11 is 19.2. The summed E-state index contributed by atoms with van der Waals surface area (Å²) in [6.07, 6.45) is 0. The molecule has 1 N–H and O–H groups in total. The summed E-state index contributed by atoms with van der Waals surface area (Å²) in [5, 5.41) is 5.20. The molecule has 0 bridgehead atoms. The van der Waals surface area contributed by atoms with E-state index in [1.165, 1.54) is 0 Å². The molecule has 0 saturated carbocycles. The van der Waals surface area contributed by atoms with Gasteiger partial charge in [0.2, 0.25) is 0 Å². The van der Waals surface area contributed by atoms with Gasteiger partial charge >= 0.3 is 0 Å². The van der Waals surface area contributed by atoms with E-state index < -0.39 is 0 Å². The van der Waals surface area contributed by atoms with Gasteiger partial charge in [-0.25, -0.2) is 0 Å². The lowest BCUT2D eigenvalue weighted by Crippen LogP contribution is -2.45. The zero-order valence-corrected chi connectivity index (χ0v) is 16.3. The van der Waals surface area contributed by atoms with Crippen LogP contribution in [0.25, 0.3) is 0 Å². The molecule has 6 heteroatoms. The molecule has 1 aliphatic heterocycles. The average Bonchev–Trinajstić information content (AvgIpc) is 2.62. The van der Waals surface area contributed by atoms with Crippen molar-refractivity contribution in [1.82, 2.24) is 10.2 Å². The third-order valence-electron chi connectivity index (χ3n) is 4.36. The summed E-state index contributed by atoms with van der Waals surface area (Å²) < 4.78 is 5.88. The largest absolute Gasteiger partial charge is 0.494 e. The van der Waals surface area contributed by atoms with Crippen molar-refractivity contribution in [2.45, 2.75) is 13.0 Å². The molecule has 0 amide bonds. The maximum absolute atomic E-state index is 6.58. The second-order valence-electron chi connectivity index (χ2n) is 5.95. The van der Waals surface area contributed by atoms with Gasteiger partial charge < -0.3 is 10.1 Å². The highest BCUT2D eigenvalue weighted by Gasteiger charge is 2.29. The second kappa shape index (κ2) is 8.61. The quantitative estimate of drug-likeness (QED) is 0.762. The Kier molecular flexibility index (Phi) is 6.48. The van der Waals surface area contributed by atoms with Crippen LogP contribution in [0.1, 0.15) is 24.1 Å². The SMILES string of the molecule is CCOc1ccc(Cl)cc1C(c1cccc(Cl)c1Cl)N1CCNCC1. The Balaban J connectivity index is 2.14. The lowest BCUT2D eigenvalue weighted by atomic mass is 9.95. The summed E-state index contributed by atoms with van der Waals surface area (Å²) in [5.74, 6) is 0.825. The van der Waals surface area contributed by atoms with Crippen LogP contribution < -0.4 is 10.1 Å². The molecule has 1 fully saturated rings. The van der Waals surface area contributed by atoms with Gasteiger partial charge in [-0.05, 0) is 36.8 Å². The minimum absolute atomic E-state index is 0.0615. The van der Waals surface area contributed by atoms with Gasteiger partial charge in [0.25, 0.3) is 0 Å². The molecule has 0 radical (unpaired) electrons. The lowest BCUT2D eigenvalue weighted by Gasteiger charge is -2.36. The predicted molar refractivity (Wildman–Crippen MR) is 105 cm³/mol. The van der Waals surface area contributed by atoms with Gasteiger partial charge in [-0.1, -0.05) is 46.9 Å². The van der Waals surface area contributed by atoms with E-state index in [2.05, 4.69) is 10.2 Å². The Morgan fingerprint density at radius 1 is 1.08 bits per heavy atom. The normalized spacial score (nSPS) is 16.6. The van der Waals surface area contributed by atoms with E-state index in [4.69, 9.17) is 39.5 Å². The molecule has 0 spiro atoms. The molecule has 2 aromatic rings. The zero-order chi connectivity index (χ0) is 17.8. The molecule has 2 aromatic carbocycles. The van der Waals surface area contributed by atoms with Gasteiger partial charge in [-0.2, -0.15) is 0 Å². The molecule has 1 saturated heterocycles. The van der Waals surface area contributed by atoms with E-state index in [9.17, 15) is 0 Å². The van der Waals surface area contributed by atoms with Crippen LogP contribution in [0.15, 0.2) is 36.4 Å². The van der Waals surface area contributed by atoms with Crippen molar-refractivity contribution < 1.29 is 4.74 Å². The third kappa shape index (κ3) is 4.24. The van der Waals surface area contributed by atoms with Crippen molar-refractivity contribution in [2.75, 3.05) is 32.8 Å². The smallest absolute Gasteiger partial charge is 0.124 e. The molecule has 0 aliphatic carbocycles. The summed E-state index contributed by atoms with van der Waals surface area (Å²) in [6, 6.07) is 11.5. The summed E-state index contributed by atoms with van der Waals surface area (Å²) in [4.78, 5) is 2.39. The maximum atomic E-state index is 6.58. The van der Waals surface area contributed by atoms with E-state index in [0.717, 1.165) is 43.1 Å². The number of halogens is 3. The van der Waals surface area contributed by atoms with Crippen LogP contribution in [-0.4, -0.2) is 37.7 Å². The van der Waals surface area contributed by atoms with E-state index in [0.29, 0.717) is 21.7 Å². The molecular formula is C19H21Cl3N2O. The van der Waals surface area contributed by atoms with E-state index >= 15 is 0 Å². The Labute approximate surface area is 163 Å². The van der Waals surface area contributed by atoms with Crippen LogP contribution in [0.5, 0.6) is 5.75 Å². The number of benzene rings is 2. The summed E-state index contributed by atoms with van der Waals surface area (Å²) in [5.41, 5.74) is 1.99. The number of hydrogen-bond acceptors (Lipinski definition) is 3. The third-order valence-corrected chi connectivity index (χ3v) is 5.43. The Morgan fingerprint density at radius 2 is 1.84 bits per heavy atom. The predicted octanol–water partition coefficient (Wildman–Crippen LogP) is 5.04. The molecule has 3 rings (SSSR count). The van der Waals surface area contributed by atoms with Crippen molar-refractivity contribution in [3.05, 3.63) is 62.6 Å². The van der Waals surface area contributed by atoms with Gasteiger partial charge in [-0.15, -0.1) is 0 Å². The highest BCUT2D eigenvalue weighted by Crippen LogP contribution is 2.41. The fourth-order valence-electron chi connectivity index (χ4n) is 3.25. The monoisotopic (exact) mass is 398 g/mol. The van der Waals surface area contributed by atoms with E-state index in [1.54, 1.807) is 0 Å². The highest BCUT2D eigenvalue weighted by atomic mass is 35.5. The van der Waals surface area contributed by atoms with Crippen LogP contribution in [0.2, 0.25) is 15.1 Å². The molecule has 1 aliphatic rings. The average molecular weight is 400 g/mol. The number of nitrogens with one attached hydrogen (secondary N) is 1. The molecular weight excluding hydrogens is 379 g/mol. The first-order valence-corrected chi connectivity index (χ1v) is 9.56. The number of piperazine rings is 1. The Bertz CT molecular complexity index is 733. The first-order valence-electron chi connectivity index (χ1n) is 8.42. The van der Waals surface area contributed by atoms with Gasteiger partial charge in [0.05, 0.1) is 22.7 Å². The maximum Gasteiger partial charge on any atom is 0.124 e. The highest BCUT2D eigenvalue weighted by molar-refractivity contribution is 6.42. The standard InChI is InChI=1S/C19H21Cl3N2O/c1-2-25-17-7-6-13(20)12-15(17)19(24-10-8-23-9-11-24)14-4-3-5-16(21)18(14)22/h3-7,12,19,23H,2,8-11H2,1H3. The number of rotatable bonds is 5. The van der Waals surface area contributed by atoms with Crippen molar-refractivity contribution in [1.29, 1.82) is 0 Å². The van der Waals surface area contributed by atoms with Crippen LogP contribution in [0, 0.1) is 0 Å². The van der Waals surface area contributed by atoms with Crippen LogP contribution in [-0.2, 0) is 0 Å². The Hall–Kier alpha value is -0.970. The molecule has 1 heterocycles. The molecule has 3 nitrogen and oxygen atoms in total. The van der Waals surface area contributed by atoms with Gasteiger partial charge in [0.15, 0.2) is 0 Å². The van der Waals surface area contributed by atoms with Gasteiger partial charge in [0, 0.05) is 36.8 Å². The van der Waals surface area contributed by atoms with Gasteiger partial charge in [0.1, 0.15) is 5.75 Å². The number of hydrogen-bond donors (Lipinski definition) is 1. The van der Waals surface area contributed by atoms with Crippen molar-refractivity contribution in [3.63, 3.8) is 0 Å². The number of ether oxygens (including phenoxy) is 1. The zero-order valence-electron chi connectivity index (χ0n) is 14.1. The first kappa shape index (κ1) is 18.8.